The summed E-state index contributed by atoms with van der Waals surface area (Å²) >= 11 is 10.9. The van der Waals surface area contributed by atoms with Crippen LogP contribution in [-0.4, -0.2) is 16.6 Å². The van der Waals surface area contributed by atoms with Crippen LogP contribution in [0.25, 0.3) is 0 Å². The molecule has 3 nitrogen and oxygen atoms in total. The third-order valence-corrected chi connectivity index (χ3v) is 2.98. The predicted molar refractivity (Wildman–Crippen MR) is 83.6 cm³/mol. The number of pyridine rings is 1. The van der Waals surface area contributed by atoms with E-state index in [2.05, 4.69) is 27.8 Å². The number of benzene rings is 1. The van der Waals surface area contributed by atoms with Gasteiger partial charge in [0.05, 0.1) is 5.02 Å². The van der Waals surface area contributed by atoms with E-state index in [0.29, 0.717) is 16.0 Å². The molecule has 2 rings (SSSR count). The zero-order chi connectivity index (χ0) is 13.5. The Bertz CT molecular complexity index is 528. The monoisotopic (exact) mass is 291 g/mol. The van der Waals surface area contributed by atoms with Gasteiger partial charge in [-0.25, -0.2) is 4.98 Å². The molecule has 5 heteroatoms. The third-order valence-electron chi connectivity index (χ3n) is 2.51. The molecule has 0 spiro atoms. The van der Waals surface area contributed by atoms with Crippen LogP contribution in [0.3, 0.4) is 0 Å². The minimum atomic E-state index is 0.561. The number of hydrogen-bond donors (Lipinski definition) is 2. The lowest BCUT2D eigenvalue weighted by molar-refractivity contribution is 0.873. The summed E-state index contributed by atoms with van der Waals surface area (Å²) in [6.45, 7) is 0.781. The largest absolute Gasteiger partial charge is 0.362 e. The molecule has 0 saturated heterocycles. The van der Waals surface area contributed by atoms with Gasteiger partial charge in [0.15, 0.2) is 5.11 Å². The summed E-state index contributed by atoms with van der Waals surface area (Å²) in [6, 6.07) is 13.8. The molecule has 0 amide bonds. The maximum atomic E-state index is 5.76. The van der Waals surface area contributed by atoms with E-state index in [1.807, 2.05) is 18.2 Å². The molecule has 2 aromatic rings. The molecular weight excluding hydrogens is 278 g/mol. The quantitative estimate of drug-likeness (QED) is 0.848. The normalized spacial score (nSPS) is 9.95. The predicted octanol–water partition coefficient (Wildman–Crippen LogP) is 3.26. The molecule has 0 aliphatic heterocycles. The fourth-order valence-electron chi connectivity index (χ4n) is 1.58. The van der Waals surface area contributed by atoms with E-state index in [4.69, 9.17) is 23.8 Å². The molecule has 0 unspecified atom stereocenters. The number of halogens is 1. The van der Waals surface area contributed by atoms with Crippen LogP contribution in [0.1, 0.15) is 5.56 Å². The summed E-state index contributed by atoms with van der Waals surface area (Å²) in [6.07, 6.45) is 2.51. The van der Waals surface area contributed by atoms with Crippen molar-refractivity contribution in [2.45, 2.75) is 6.42 Å². The van der Waals surface area contributed by atoms with Gasteiger partial charge < -0.3 is 10.6 Å². The Labute approximate surface area is 123 Å². The lowest BCUT2D eigenvalue weighted by atomic mass is 10.1. The van der Waals surface area contributed by atoms with Crippen LogP contribution in [0.4, 0.5) is 5.82 Å². The van der Waals surface area contributed by atoms with Gasteiger partial charge in [-0.1, -0.05) is 41.9 Å². The Morgan fingerprint density at radius 3 is 2.63 bits per heavy atom. The van der Waals surface area contributed by atoms with Crippen molar-refractivity contribution in [2.75, 3.05) is 11.9 Å². The third kappa shape index (κ3) is 4.85. The van der Waals surface area contributed by atoms with Gasteiger partial charge in [-0.15, -0.1) is 0 Å². The van der Waals surface area contributed by atoms with Gasteiger partial charge in [0.25, 0.3) is 0 Å². The summed E-state index contributed by atoms with van der Waals surface area (Å²) in [5.74, 6) is 0.682. The van der Waals surface area contributed by atoms with Gasteiger partial charge in [-0.2, -0.15) is 0 Å². The Morgan fingerprint density at radius 1 is 1.16 bits per heavy atom. The number of rotatable bonds is 4. The average molecular weight is 292 g/mol. The first kappa shape index (κ1) is 13.8. The fraction of sp³-hybridized carbons (Fsp3) is 0.143. The van der Waals surface area contributed by atoms with Crippen LogP contribution in [0.15, 0.2) is 48.7 Å². The molecule has 19 heavy (non-hydrogen) atoms. The fourth-order valence-corrected chi connectivity index (χ4v) is 1.89. The maximum Gasteiger partial charge on any atom is 0.171 e. The SMILES string of the molecule is S=C(NCCc1ccccc1)Nc1ccc(Cl)cn1. The van der Waals surface area contributed by atoms with E-state index < -0.39 is 0 Å². The lowest BCUT2D eigenvalue weighted by Crippen LogP contribution is -2.30. The summed E-state index contributed by atoms with van der Waals surface area (Å²) in [5.41, 5.74) is 1.28. The highest BCUT2D eigenvalue weighted by molar-refractivity contribution is 7.80. The number of thiocarbonyl (C=S) groups is 1. The number of anilines is 1. The molecular formula is C14H14ClN3S. The summed E-state index contributed by atoms with van der Waals surface area (Å²) in [4.78, 5) is 4.11. The van der Waals surface area contributed by atoms with Crippen LogP contribution in [-0.2, 0) is 6.42 Å². The van der Waals surface area contributed by atoms with E-state index in [-0.39, 0.29) is 0 Å². The second-order valence-corrected chi connectivity index (χ2v) is 4.82. The molecule has 0 aliphatic rings. The Kier molecular flexibility index (Phi) is 5.12. The summed E-state index contributed by atoms with van der Waals surface area (Å²) in [5, 5.41) is 7.31. The highest BCUT2D eigenvalue weighted by Crippen LogP contribution is 2.09. The molecule has 1 aromatic carbocycles. The maximum absolute atomic E-state index is 5.76. The topological polar surface area (TPSA) is 37.0 Å². The molecule has 0 bridgehead atoms. The van der Waals surface area contributed by atoms with Crippen molar-refractivity contribution in [3.63, 3.8) is 0 Å². The van der Waals surface area contributed by atoms with Gasteiger partial charge in [0, 0.05) is 12.7 Å². The van der Waals surface area contributed by atoms with Crippen molar-refractivity contribution in [3.05, 3.63) is 59.2 Å². The Hall–Kier alpha value is -1.65. The smallest absolute Gasteiger partial charge is 0.171 e. The van der Waals surface area contributed by atoms with Crippen LogP contribution in [0.5, 0.6) is 0 Å². The molecule has 0 aliphatic carbocycles. The highest BCUT2D eigenvalue weighted by Gasteiger charge is 1.98. The van der Waals surface area contributed by atoms with Gasteiger partial charge in [0.2, 0.25) is 0 Å². The molecule has 98 valence electrons. The number of hydrogen-bond acceptors (Lipinski definition) is 2. The molecule has 0 saturated carbocycles. The van der Waals surface area contributed by atoms with Gasteiger partial charge >= 0.3 is 0 Å². The Balaban J connectivity index is 1.74. The molecule has 0 fully saturated rings. The number of nitrogens with zero attached hydrogens (tertiary/aromatic N) is 1. The van der Waals surface area contributed by atoms with Gasteiger partial charge in [-0.05, 0) is 36.3 Å². The summed E-state index contributed by atoms with van der Waals surface area (Å²) < 4.78 is 0. The minimum Gasteiger partial charge on any atom is -0.362 e. The first-order valence-corrected chi connectivity index (χ1v) is 6.73. The van der Waals surface area contributed by atoms with E-state index >= 15 is 0 Å². The van der Waals surface area contributed by atoms with Crippen molar-refractivity contribution in [3.8, 4) is 0 Å². The molecule has 1 aromatic heterocycles. The first-order chi connectivity index (χ1) is 9.24. The first-order valence-electron chi connectivity index (χ1n) is 5.94. The number of aromatic nitrogens is 1. The van der Waals surface area contributed by atoms with Crippen LogP contribution >= 0.6 is 23.8 Å². The molecule has 0 atom stereocenters. The van der Waals surface area contributed by atoms with Crippen LogP contribution in [0.2, 0.25) is 5.02 Å². The van der Waals surface area contributed by atoms with Crippen LogP contribution in [0, 0.1) is 0 Å². The van der Waals surface area contributed by atoms with Gasteiger partial charge in [-0.3, -0.25) is 0 Å². The van der Waals surface area contributed by atoms with Crippen molar-refractivity contribution in [1.29, 1.82) is 0 Å². The molecule has 0 radical (unpaired) electrons. The van der Waals surface area contributed by atoms with E-state index in [1.165, 1.54) is 5.56 Å². The van der Waals surface area contributed by atoms with E-state index in [0.717, 1.165) is 13.0 Å². The van der Waals surface area contributed by atoms with Crippen molar-refractivity contribution in [2.24, 2.45) is 0 Å². The van der Waals surface area contributed by atoms with Crippen molar-refractivity contribution < 1.29 is 0 Å². The zero-order valence-electron chi connectivity index (χ0n) is 10.3. The second-order valence-electron chi connectivity index (χ2n) is 3.98. The molecule has 1 heterocycles. The van der Waals surface area contributed by atoms with Crippen molar-refractivity contribution >= 4 is 34.7 Å². The lowest BCUT2D eigenvalue weighted by Gasteiger charge is -2.09. The van der Waals surface area contributed by atoms with Crippen molar-refractivity contribution in [1.82, 2.24) is 10.3 Å². The standard InChI is InChI=1S/C14H14ClN3S/c15-12-6-7-13(17-10-12)18-14(19)16-9-8-11-4-2-1-3-5-11/h1-7,10H,8-9H2,(H2,16,17,18,19). The average Bonchev–Trinajstić information content (AvgIpc) is 2.43. The summed E-state index contributed by atoms with van der Waals surface area (Å²) in [7, 11) is 0. The highest BCUT2D eigenvalue weighted by atomic mass is 35.5. The van der Waals surface area contributed by atoms with E-state index in [1.54, 1.807) is 18.3 Å². The van der Waals surface area contributed by atoms with Gasteiger partial charge in [0.1, 0.15) is 5.82 Å². The number of nitrogens with one attached hydrogen (secondary N) is 2. The molecule has 2 N–H and O–H groups in total. The van der Waals surface area contributed by atoms with Crippen LogP contribution < -0.4 is 10.6 Å². The minimum absolute atomic E-state index is 0.561. The second kappa shape index (κ2) is 7.07. The zero-order valence-corrected chi connectivity index (χ0v) is 11.8. The van der Waals surface area contributed by atoms with E-state index in [9.17, 15) is 0 Å². The Morgan fingerprint density at radius 2 is 1.95 bits per heavy atom.